The van der Waals surface area contributed by atoms with Crippen molar-refractivity contribution in [2.24, 2.45) is 0 Å². The van der Waals surface area contributed by atoms with E-state index in [2.05, 4.69) is 45.5 Å². The Labute approximate surface area is 266 Å². The van der Waals surface area contributed by atoms with E-state index in [-0.39, 0.29) is 37.2 Å². The Balaban J connectivity index is 0.000000186. The van der Waals surface area contributed by atoms with Crippen LogP contribution in [0.1, 0.15) is 17.1 Å². The molecule has 243 valence electrons. The monoisotopic (exact) mass is 832 g/mol. The number of hydrogen-bond acceptors (Lipinski definition) is 6. The van der Waals surface area contributed by atoms with Crippen LogP contribution in [0, 0.1) is 0 Å². The zero-order valence-corrected chi connectivity index (χ0v) is 25.0. The first-order chi connectivity index (χ1) is 21.2. The molecular weight excluding hydrogens is 814 g/mol. The van der Waals surface area contributed by atoms with E-state index in [4.69, 9.17) is 0 Å². The van der Waals surface area contributed by atoms with E-state index in [1.807, 2.05) is 0 Å². The minimum Gasteiger partial charge on any atom is -0.276 e. The van der Waals surface area contributed by atoms with E-state index >= 15 is 0 Å². The Morgan fingerprint density at radius 2 is 0.674 bits per heavy atom. The molecule has 46 heavy (non-hydrogen) atoms. The summed E-state index contributed by atoms with van der Waals surface area (Å²) in [5.41, 5.74) is -0.773. The number of hydrogen-bond donors (Lipinski definition) is 3. The molecular formula is C27H18F9IrN9. The Bertz CT molecular complexity index is 1560. The van der Waals surface area contributed by atoms with Crippen LogP contribution in [-0.2, 0) is 38.6 Å². The number of aromatic amines is 3. The Morgan fingerprint density at radius 1 is 0.413 bits per heavy atom. The molecule has 3 N–H and O–H groups in total. The molecule has 6 heterocycles. The largest absolute Gasteiger partial charge is 0.435 e. The zero-order valence-electron chi connectivity index (χ0n) is 22.6. The minimum atomic E-state index is -4.43. The van der Waals surface area contributed by atoms with E-state index in [0.717, 1.165) is 18.2 Å². The number of alkyl halides is 9. The standard InChI is InChI=1S/3C9H6F3N3.Ir/c3*10-9(11,12)8-5-7(14-15-8)6-3-1-2-4-13-6;/h3*1-5H,(H,14,15);. The predicted molar refractivity (Wildman–Crippen MR) is 140 cm³/mol. The van der Waals surface area contributed by atoms with E-state index in [1.165, 1.54) is 18.6 Å². The van der Waals surface area contributed by atoms with E-state index < -0.39 is 35.6 Å². The maximum Gasteiger partial charge on any atom is 0.435 e. The molecule has 0 aromatic carbocycles. The van der Waals surface area contributed by atoms with Gasteiger partial charge in [0.05, 0.1) is 34.2 Å². The summed E-state index contributed by atoms with van der Waals surface area (Å²) in [6.45, 7) is 0. The zero-order chi connectivity index (χ0) is 32.7. The average molecular weight is 832 g/mol. The topological polar surface area (TPSA) is 125 Å². The summed E-state index contributed by atoms with van der Waals surface area (Å²) in [6.07, 6.45) is -8.77. The number of H-pyrrole nitrogens is 3. The molecule has 6 aromatic heterocycles. The molecule has 0 bridgehead atoms. The summed E-state index contributed by atoms with van der Waals surface area (Å²) in [6, 6.07) is 17.7. The molecule has 0 fully saturated rings. The minimum absolute atomic E-state index is 0. The molecule has 1 radical (unpaired) electrons. The molecule has 0 unspecified atom stereocenters. The summed E-state index contributed by atoms with van der Waals surface area (Å²) < 4.78 is 110. The Hall–Kier alpha value is -4.90. The van der Waals surface area contributed by atoms with Crippen LogP contribution < -0.4 is 0 Å². The van der Waals surface area contributed by atoms with Crippen molar-refractivity contribution in [1.82, 2.24) is 45.5 Å². The molecule has 0 saturated heterocycles. The van der Waals surface area contributed by atoms with Crippen molar-refractivity contribution in [3.05, 3.63) is 108 Å². The predicted octanol–water partition coefficient (Wildman–Crippen LogP) is 7.47. The van der Waals surface area contributed by atoms with Gasteiger partial charge in [-0.2, -0.15) is 54.8 Å². The number of nitrogens with zero attached hydrogens (tertiary/aromatic N) is 6. The Kier molecular flexibility index (Phi) is 11.5. The van der Waals surface area contributed by atoms with Crippen LogP contribution in [-0.4, -0.2) is 45.5 Å². The molecule has 0 spiro atoms. The second kappa shape index (κ2) is 14.9. The van der Waals surface area contributed by atoms with Crippen molar-refractivity contribution >= 4 is 0 Å². The number of pyridine rings is 3. The summed E-state index contributed by atoms with van der Waals surface area (Å²) in [4.78, 5) is 11.7. The number of rotatable bonds is 3. The fourth-order valence-electron chi connectivity index (χ4n) is 3.36. The van der Waals surface area contributed by atoms with Crippen LogP contribution in [0.4, 0.5) is 39.5 Å². The first-order valence-corrected chi connectivity index (χ1v) is 12.3. The van der Waals surface area contributed by atoms with E-state index in [9.17, 15) is 39.5 Å². The van der Waals surface area contributed by atoms with Crippen LogP contribution in [0.25, 0.3) is 34.2 Å². The maximum atomic E-state index is 12.2. The SMILES string of the molecule is FC(F)(F)c1cc(-c2ccccn2)[nH]n1.FC(F)(F)c1cc(-c2ccccn2)[nH]n1.FC(F)(F)c1cc(-c2ccccn2)[nH]n1.[Ir]. The third-order valence-electron chi connectivity index (χ3n) is 5.43. The quantitative estimate of drug-likeness (QED) is 0.159. The van der Waals surface area contributed by atoms with Gasteiger partial charge >= 0.3 is 18.5 Å². The maximum absolute atomic E-state index is 12.2. The number of halogens is 9. The molecule has 9 nitrogen and oxygen atoms in total. The van der Waals surface area contributed by atoms with Crippen molar-refractivity contribution in [2.45, 2.75) is 18.5 Å². The summed E-state index contributed by atoms with van der Waals surface area (Å²) in [5.74, 6) is 0. The van der Waals surface area contributed by atoms with Crippen molar-refractivity contribution < 1.29 is 59.6 Å². The van der Waals surface area contributed by atoms with Gasteiger partial charge in [0.1, 0.15) is 0 Å². The molecule has 19 heteroatoms. The fourth-order valence-corrected chi connectivity index (χ4v) is 3.36. The third kappa shape index (κ3) is 9.80. The van der Waals surface area contributed by atoms with Gasteiger partial charge in [-0.1, -0.05) is 18.2 Å². The summed E-state index contributed by atoms with van der Waals surface area (Å²) in [5, 5.41) is 16.4. The van der Waals surface area contributed by atoms with Gasteiger partial charge < -0.3 is 0 Å². The van der Waals surface area contributed by atoms with E-state index in [0.29, 0.717) is 17.1 Å². The molecule has 0 aliphatic carbocycles. The Morgan fingerprint density at radius 3 is 0.848 bits per heavy atom. The molecule has 6 aromatic rings. The van der Waals surface area contributed by atoms with Crippen LogP contribution in [0.3, 0.4) is 0 Å². The van der Waals surface area contributed by atoms with Gasteiger partial charge in [0.25, 0.3) is 0 Å². The summed E-state index contributed by atoms with van der Waals surface area (Å²) in [7, 11) is 0. The second-order valence-electron chi connectivity index (χ2n) is 8.64. The van der Waals surface area contributed by atoms with Crippen molar-refractivity contribution in [3.8, 4) is 34.2 Å². The van der Waals surface area contributed by atoms with Crippen LogP contribution >= 0.6 is 0 Å². The molecule has 0 saturated carbocycles. The molecule has 0 atom stereocenters. The first-order valence-electron chi connectivity index (χ1n) is 12.3. The normalized spacial score (nSPS) is 11.4. The molecule has 0 amide bonds. The smallest absolute Gasteiger partial charge is 0.276 e. The van der Waals surface area contributed by atoms with Crippen LogP contribution in [0.5, 0.6) is 0 Å². The second-order valence-corrected chi connectivity index (χ2v) is 8.64. The van der Waals surface area contributed by atoms with Crippen molar-refractivity contribution in [2.75, 3.05) is 0 Å². The third-order valence-corrected chi connectivity index (χ3v) is 5.43. The fraction of sp³-hybridized carbons (Fsp3) is 0.111. The van der Waals surface area contributed by atoms with Gasteiger partial charge in [0, 0.05) is 38.7 Å². The van der Waals surface area contributed by atoms with Gasteiger partial charge in [-0.15, -0.1) is 0 Å². The van der Waals surface area contributed by atoms with Gasteiger partial charge in [-0.25, -0.2) is 0 Å². The van der Waals surface area contributed by atoms with Gasteiger partial charge in [-0.05, 0) is 54.6 Å². The molecule has 0 aliphatic heterocycles. The van der Waals surface area contributed by atoms with Crippen molar-refractivity contribution in [3.63, 3.8) is 0 Å². The summed E-state index contributed by atoms with van der Waals surface area (Å²) >= 11 is 0. The number of aromatic nitrogens is 9. The van der Waals surface area contributed by atoms with Crippen molar-refractivity contribution in [1.29, 1.82) is 0 Å². The molecule has 0 aliphatic rings. The van der Waals surface area contributed by atoms with Gasteiger partial charge in [0.15, 0.2) is 17.1 Å². The first kappa shape index (κ1) is 35.6. The van der Waals surface area contributed by atoms with E-state index in [1.54, 1.807) is 54.6 Å². The van der Waals surface area contributed by atoms with Crippen LogP contribution in [0.15, 0.2) is 91.4 Å². The van der Waals surface area contributed by atoms with Gasteiger partial charge in [0.2, 0.25) is 0 Å². The van der Waals surface area contributed by atoms with Gasteiger partial charge in [-0.3, -0.25) is 30.2 Å². The van der Waals surface area contributed by atoms with Crippen LogP contribution in [0.2, 0.25) is 0 Å². The number of nitrogens with one attached hydrogen (secondary N) is 3. The average Bonchev–Trinajstić information content (AvgIpc) is 3.80. The molecule has 6 rings (SSSR count).